The van der Waals surface area contributed by atoms with E-state index in [2.05, 4.69) is 4.90 Å². The van der Waals surface area contributed by atoms with Gasteiger partial charge in [-0.25, -0.2) is 0 Å². The second-order valence-electron chi connectivity index (χ2n) is 4.70. The van der Waals surface area contributed by atoms with E-state index in [4.69, 9.17) is 10.2 Å². The normalized spacial score (nSPS) is 18.9. The van der Waals surface area contributed by atoms with Crippen molar-refractivity contribution in [1.29, 1.82) is 0 Å². The molecule has 1 unspecified atom stereocenters. The quantitative estimate of drug-likeness (QED) is 0.854. The highest BCUT2D eigenvalue weighted by atomic mass is 16.3. The molecule has 0 spiro atoms. The Balaban J connectivity index is 1.79. The van der Waals surface area contributed by atoms with Crippen LogP contribution < -0.4 is 5.73 Å². The van der Waals surface area contributed by atoms with Gasteiger partial charge in [-0.1, -0.05) is 6.92 Å². The molecule has 1 amide bonds. The van der Waals surface area contributed by atoms with Crippen LogP contribution in [0.3, 0.4) is 0 Å². The summed E-state index contributed by atoms with van der Waals surface area (Å²) in [4.78, 5) is 16.1. The van der Waals surface area contributed by atoms with Gasteiger partial charge < -0.3 is 15.1 Å². The van der Waals surface area contributed by atoms with E-state index in [9.17, 15) is 4.79 Å². The molecule has 1 aliphatic rings. The third-order valence-electron chi connectivity index (χ3n) is 3.40. The summed E-state index contributed by atoms with van der Waals surface area (Å²) in [6.07, 6.45) is 2.39. The number of amides is 1. The number of nitrogens with zero attached hydrogens (tertiary/aromatic N) is 2. The summed E-state index contributed by atoms with van der Waals surface area (Å²) in [5.41, 5.74) is 5.77. The number of nitrogens with two attached hydrogens (primary N) is 1. The Kier molecular flexibility index (Phi) is 4.38. The lowest BCUT2D eigenvalue weighted by Crippen LogP contribution is -2.52. The zero-order chi connectivity index (χ0) is 13.0. The molecule has 0 saturated carbocycles. The molecule has 100 valence electrons. The summed E-state index contributed by atoms with van der Waals surface area (Å²) in [6.45, 7) is 6.02. The maximum absolute atomic E-state index is 11.9. The largest absolute Gasteiger partial charge is 0.468 e. The molecule has 1 aliphatic heterocycles. The van der Waals surface area contributed by atoms with Crippen molar-refractivity contribution in [3.05, 3.63) is 24.2 Å². The lowest BCUT2D eigenvalue weighted by molar-refractivity contribution is -0.134. The summed E-state index contributed by atoms with van der Waals surface area (Å²) in [5, 5.41) is 0. The molecule has 1 aromatic rings. The molecule has 1 fully saturated rings. The van der Waals surface area contributed by atoms with E-state index in [0.29, 0.717) is 6.42 Å². The van der Waals surface area contributed by atoms with Crippen LogP contribution in [-0.4, -0.2) is 47.9 Å². The number of hydrogen-bond acceptors (Lipinski definition) is 4. The number of hydrogen-bond donors (Lipinski definition) is 1. The fourth-order valence-electron chi connectivity index (χ4n) is 2.16. The van der Waals surface area contributed by atoms with Crippen LogP contribution in [-0.2, 0) is 11.3 Å². The Morgan fingerprint density at radius 2 is 2.17 bits per heavy atom. The second kappa shape index (κ2) is 6.02. The summed E-state index contributed by atoms with van der Waals surface area (Å²) in [7, 11) is 0. The fraction of sp³-hybridized carbons (Fsp3) is 0.615. The summed E-state index contributed by atoms with van der Waals surface area (Å²) in [6, 6.07) is 3.53. The predicted octanol–water partition coefficient (Wildman–Crippen LogP) is 0.661. The van der Waals surface area contributed by atoms with E-state index in [0.717, 1.165) is 38.5 Å². The molecule has 0 aliphatic carbocycles. The van der Waals surface area contributed by atoms with Crippen LogP contribution in [0.15, 0.2) is 22.8 Å². The highest BCUT2D eigenvalue weighted by Gasteiger charge is 2.24. The van der Waals surface area contributed by atoms with Gasteiger partial charge in [0.1, 0.15) is 5.76 Å². The summed E-state index contributed by atoms with van der Waals surface area (Å²) < 4.78 is 5.32. The van der Waals surface area contributed by atoms with Gasteiger partial charge in [-0.05, 0) is 18.6 Å². The molecule has 5 heteroatoms. The molecule has 1 saturated heterocycles. The maximum atomic E-state index is 11.9. The molecule has 1 atom stereocenters. The average Bonchev–Trinajstić information content (AvgIpc) is 2.91. The van der Waals surface area contributed by atoms with Gasteiger partial charge in [0.25, 0.3) is 0 Å². The number of rotatable bonds is 4. The first kappa shape index (κ1) is 13.1. The zero-order valence-corrected chi connectivity index (χ0v) is 10.8. The molecule has 0 aromatic carbocycles. The van der Waals surface area contributed by atoms with Crippen molar-refractivity contribution in [3.8, 4) is 0 Å². The Morgan fingerprint density at radius 3 is 2.72 bits per heavy atom. The van der Waals surface area contributed by atoms with Gasteiger partial charge >= 0.3 is 0 Å². The van der Waals surface area contributed by atoms with Gasteiger partial charge in [0.05, 0.1) is 18.8 Å². The van der Waals surface area contributed by atoms with Gasteiger partial charge in [-0.15, -0.1) is 0 Å². The Morgan fingerprint density at radius 1 is 1.44 bits per heavy atom. The molecule has 0 radical (unpaired) electrons. The first-order valence-electron chi connectivity index (χ1n) is 6.49. The third kappa shape index (κ3) is 3.11. The molecule has 5 nitrogen and oxygen atoms in total. The monoisotopic (exact) mass is 251 g/mol. The Hall–Kier alpha value is -1.33. The molecule has 2 heterocycles. The molecule has 1 aromatic heterocycles. The van der Waals surface area contributed by atoms with E-state index in [1.807, 2.05) is 24.0 Å². The van der Waals surface area contributed by atoms with Crippen molar-refractivity contribution in [2.75, 3.05) is 26.2 Å². The Bertz CT molecular complexity index is 370. The van der Waals surface area contributed by atoms with Crippen molar-refractivity contribution < 1.29 is 9.21 Å². The van der Waals surface area contributed by atoms with Gasteiger partial charge in [0.15, 0.2) is 0 Å². The minimum Gasteiger partial charge on any atom is -0.468 e. The topological polar surface area (TPSA) is 62.7 Å². The van der Waals surface area contributed by atoms with E-state index in [1.165, 1.54) is 0 Å². The fourth-order valence-corrected chi connectivity index (χ4v) is 2.16. The lowest BCUT2D eigenvalue weighted by atomic mass is 10.2. The van der Waals surface area contributed by atoms with Crippen LogP contribution in [0, 0.1) is 0 Å². The minimum atomic E-state index is -0.346. The van der Waals surface area contributed by atoms with Crippen molar-refractivity contribution >= 4 is 5.91 Å². The van der Waals surface area contributed by atoms with Gasteiger partial charge in [-0.2, -0.15) is 0 Å². The van der Waals surface area contributed by atoms with Crippen LogP contribution in [0.25, 0.3) is 0 Å². The first-order chi connectivity index (χ1) is 8.70. The molecule has 2 N–H and O–H groups in total. The summed E-state index contributed by atoms with van der Waals surface area (Å²) >= 11 is 0. The number of carbonyl (C=O) groups is 1. The second-order valence-corrected chi connectivity index (χ2v) is 4.70. The van der Waals surface area contributed by atoms with E-state index >= 15 is 0 Å². The standard InChI is InChI=1S/C13H21N3O2/c1-2-12(14)13(17)16-7-5-15(6-8-16)10-11-4-3-9-18-11/h3-4,9,12H,2,5-8,10,14H2,1H3. The number of piperazine rings is 1. The number of furan rings is 1. The van der Waals surface area contributed by atoms with E-state index in [1.54, 1.807) is 6.26 Å². The smallest absolute Gasteiger partial charge is 0.239 e. The van der Waals surface area contributed by atoms with Crippen molar-refractivity contribution in [3.63, 3.8) is 0 Å². The minimum absolute atomic E-state index is 0.0788. The maximum Gasteiger partial charge on any atom is 0.239 e. The number of carbonyl (C=O) groups excluding carboxylic acids is 1. The molecular weight excluding hydrogens is 230 g/mol. The first-order valence-corrected chi connectivity index (χ1v) is 6.49. The average molecular weight is 251 g/mol. The highest BCUT2D eigenvalue weighted by molar-refractivity contribution is 5.81. The lowest BCUT2D eigenvalue weighted by Gasteiger charge is -2.35. The van der Waals surface area contributed by atoms with Crippen LogP contribution in [0.5, 0.6) is 0 Å². The molecule has 0 bridgehead atoms. The van der Waals surface area contributed by atoms with Crippen molar-refractivity contribution in [2.45, 2.75) is 25.9 Å². The van der Waals surface area contributed by atoms with Crippen molar-refractivity contribution in [2.24, 2.45) is 5.73 Å². The van der Waals surface area contributed by atoms with Gasteiger partial charge in [0.2, 0.25) is 5.91 Å². The molecule has 2 rings (SSSR count). The van der Waals surface area contributed by atoms with Crippen molar-refractivity contribution in [1.82, 2.24) is 9.80 Å². The molecule has 18 heavy (non-hydrogen) atoms. The zero-order valence-electron chi connectivity index (χ0n) is 10.8. The van der Waals surface area contributed by atoms with E-state index < -0.39 is 0 Å². The van der Waals surface area contributed by atoms with Gasteiger partial charge in [-0.3, -0.25) is 9.69 Å². The van der Waals surface area contributed by atoms with Crippen LogP contribution >= 0.6 is 0 Å². The van der Waals surface area contributed by atoms with E-state index in [-0.39, 0.29) is 11.9 Å². The van der Waals surface area contributed by atoms with Gasteiger partial charge in [0, 0.05) is 26.2 Å². The SMILES string of the molecule is CCC(N)C(=O)N1CCN(Cc2ccco2)CC1. The molecular formula is C13H21N3O2. The third-order valence-corrected chi connectivity index (χ3v) is 3.40. The Labute approximate surface area is 108 Å². The predicted molar refractivity (Wildman–Crippen MR) is 68.8 cm³/mol. The van der Waals surface area contributed by atoms with Crippen LogP contribution in [0.2, 0.25) is 0 Å². The highest BCUT2D eigenvalue weighted by Crippen LogP contribution is 2.10. The van der Waals surface area contributed by atoms with Crippen LogP contribution in [0.1, 0.15) is 19.1 Å². The van der Waals surface area contributed by atoms with Crippen LogP contribution in [0.4, 0.5) is 0 Å². The summed E-state index contributed by atoms with van der Waals surface area (Å²) in [5.74, 6) is 1.05.